The fourth-order valence-corrected chi connectivity index (χ4v) is 2.66. The molecule has 0 bridgehead atoms. The third-order valence-electron chi connectivity index (χ3n) is 2.91. The van der Waals surface area contributed by atoms with Crippen LogP contribution in [0.15, 0.2) is 48.1 Å². The van der Waals surface area contributed by atoms with Crippen molar-refractivity contribution in [3.63, 3.8) is 0 Å². The fourth-order valence-electron chi connectivity index (χ4n) is 1.95. The normalized spacial score (nSPS) is 10.6. The molecule has 0 saturated heterocycles. The van der Waals surface area contributed by atoms with E-state index in [-0.39, 0.29) is 6.03 Å². The Hall–Kier alpha value is -2.34. The summed E-state index contributed by atoms with van der Waals surface area (Å²) in [6.07, 6.45) is 2.44. The maximum absolute atomic E-state index is 11.8. The van der Waals surface area contributed by atoms with Crippen LogP contribution in [0.2, 0.25) is 0 Å². The zero-order valence-electron chi connectivity index (χ0n) is 10.7. The number of hydrogen-bond donors (Lipinski definition) is 2. The topological polar surface area (TPSA) is 59.0 Å². The van der Waals surface area contributed by atoms with Gasteiger partial charge >= 0.3 is 6.03 Å². The molecule has 2 amide bonds. The van der Waals surface area contributed by atoms with Crippen LogP contribution < -0.4 is 10.7 Å². The highest BCUT2D eigenvalue weighted by molar-refractivity contribution is 7.09. The molecule has 0 saturated carbocycles. The van der Waals surface area contributed by atoms with E-state index < -0.39 is 0 Å². The van der Waals surface area contributed by atoms with E-state index in [1.54, 1.807) is 22.3 Å². The number of aromatic nitrogens is 2. The molecule has 0 unspecified atom stereocenters. The minimum Gasteiger partial charge on any atom is -0.336 e. The first-order chi connectivity index (χ1) is 9.83. The van der Waals surface area contributed by atoms with Crippen LogP contribution in [0.5, 0.6) is 0 Å². The molecular formula is C14H14N4OS. The quantitative estimate of drug-likeness (QED) is 0.774. The molecule has 5 nitrogen and oxygen atoms in total. The van der Waals surface area contributed by atoms with Gasteiger partial charge in [-0.1, -0.05) is 18.2 Å². The number of rotatable bonds is 4. The summed E-state index contributed by atoms with van der Waals surface area (Å²) in [5.41, 5.74) is 4.48. The Bertz CT molecular complexity index is 705. The van der Waals surface area contributed by atoms with Gasteiger partial charge in [-0.15, -0.1) is 11.3 Å². The summed E-state index contributed by atoms with van der Waals surface area (Å²) in [6, 6.07) is 11.5. The van der Waals surface area contributed by atoms with Crippen molar-refractivity contribution in [3.05, 3.63) is 53.0 Å². The van der Waals surface area contributed by atoms with Gasteiger partial charge in [0.25, 0.3) is 0 Å². The van der Waals surface area contributed by atoms with Crippen LogP contribution in [-0.4, -0.2) is 22.2 Å². The van der Waals surface area contributed by atoms with Gasteiger partial charge in [0.05, 0.1) is 11.0 Å². The van der Waals surface area contributed by atoms with E-state index in [4.69, 9.17) is 0 Å². The SMILES string of the molecule is O=C(NCCc1cccs1)Nn1cnc2ccccc21. The summed E-state index contributed by atoms with van der Waals surface area (Å²) in [5.74, 6) is 0. The van der Waals surface area contributed by atoms with Gasteiger partial charge < -0.3 is 5.32 Å². The number of para-hydroxylation sites is 2. The minimum atomic E-state index is -0.232. The molecule has 0 atom stereocenters. The van der Waals surface area contributed by atoms with Crippen molar-refractivity contribution < 1.29 is 4.79 Å². The van der Waals surface area contributed by atoms with Crippen LogP contribution in [0, 0.1) is 0 Å². The van der Waals surface area contributed by atoms with Crippen molar-refractivity contribution in [1.82, 2.24) is 15.0 Å². The lowest BCUT2D eigenvalue weighted by Crippen LogP contribution is -2.34. The molecule has 0 aliphatic rings. The smallest absolute Gasteiger partial charge is 0.333 e. The molecule has 2 heterocycles. The molecule has 0 spiro atoms. The average Bonchev–Trinajstić information content (AvgIpc) is 3.09. The van der Waals surface area contributed by atoms with Gasteiger partial charge in [-0.3, -0.25) is 0 Å². The minimum absolute atomic E-state index is 0.232. The van der Waals surface area contributed by atoms with Gasteiger partial charge in [0.2, 0.25) is 0 Å². The number of carbonyl (C=O) groups excluding carboxylic acids is 1. The lowest BCUT2D eigenvalue weighted by atomic mass is 10.3. The highest BCUT2D eigenvalue weighted by Crippen LogP contribution is 2.10. The molecule has 6 heteroatoms. The first kappa shape index (κ1) is 12.7. The zero-order valence-corrected chi connectivity index (χ0v) is 11.6. The maximum Gasteiger partial charge on any atom is 0.333 e. The van der Waals surface area contributed by atoms with E-state index in [1.165, 1.54) is 4.88 Å². The van der Waals surface area contributed by atoms with Crippen LogP contribution >= 0.6 is 11.3 Å². The van der Waals surface area contributed by atoms with Crippen molar-refractivity contribution in [2.45, 2.75) is 6.42 Å². The molecule has 1 aromatic carbocycles. The van der Waals surface area contributed by atoms with Gasteiger partial charge in [0.1, 0.15) is 6.33 Å². The first-order valence-corrected chi connectivity index (χ1v) is 7.20. The molecule has 0 radical (unpaired) electrons. The Morgan fingerprint density at radius 2 is 2.15 bits per heavy atom. The summed E-state index contributed by atoms with van der Waals surface area (Å²) in [6.45, 7) is 0.610. The summed E-state index contributed by atoms with van der Waals surface area (Å²) >= 11 is 1.69. The predicted molar refractivity (Wildman–Crippen MR) is 80.5 cm³/mol. The number of hydrogen-bond acceptors (Lipinski definition) is 3. The molecule has 3 rings (SSSR count). The second-order valence-electron chi connectivity index (χ2n) is 4.30. The molecular weight excluding hydrogens is 272 g/mol. The van der Waals surface area contributed by atoms with Crippen molar-refractivity contribution in [3.8, 4) is 0 Å². The van der Waals surface area contributed by atoms with Crippen molar-refractivity contribution in [2.75, 3.05) is 12.0 Å². The van der Waals surface area contributed by atoms with Crippen LogP contribution in [-0.2, 0) is 6.42 Å². The van der Waals surface area contributed by atoms with Gasteiger partial charge in [-0.05, 0) is 30.0 Å². The molecule has 0 aliphatic carbocycles. The van der Waals surface area contributed by atoms with Crippen LogP contribution in [0.4, 0.5) is 4.79 Å². The van der Waals surface area contributed by atoms with Gasteiger partial charge in [-0.2, -0.15) is 0 Å². The predicted octanol–water partition coefficient (Wildman–Crippen LogP) is 2.59. The van der Waals surface area contributed by atoms with Crippen molar-refractivity contribution >= 4 is 28.4 Å². The largest absolute Gasteiger partial charge is 0.336 e. The van der Waals surface area contributed by atoms with E-state index in [9.17, 15) is 4.79 Å². The molecule has 2 aromatic heterocycles. The number of urea groups is 1. The lowest BCUT2D eigenvalue weighted by Gasteiger charge is -2.08. The van der Waals surface area contributed by atoms with Crippen LogP contribution in [0.1, 0.15) is 4.88 Å². The van der Waals surface area contributed by atoms with Crippen LogP contribution in [0.3, 0.4) is 0 Å². The zero-order chi connectivity index (χ0) is 13.8. The number of benzene rings is 1. The Labute approximate surface area is 120 Å². The van der Waals surface area contributed by atoms with E-state index in [2.05, 4.69) is 21.8 Å². The van der Waals surface area contributed by atoms with Gasteiger partial charge in [0, 0.05) is 11.4 Å². The second kappa shape index (κ2) is 5.75. The number of fused-ring (bicyclic) bond motifs is 1. The summed E-state index contributed by atoms with van der Waals surface area (Å²) in [7, 11) is 0. The van der Waals surface area contributed by atoms with Gasteiger partial charge in [-0.25, -0.2) is 19.9 Å². The Morgan fingerprint density at radius 1 is 1.25 bits per heavy atom. The van der Waals surface area contributed by atoms with E-state index in [0.29, 0.717) is 6.54 Å². The van der Waals surface area contributed by atoms with Crippen LogP contribution in [0.25, 0.3) is 11.0 Å². The number of imidazole rings is 1. The van der Waals surface area contributed by atoms with Gasteiger partial charge in [0.15, 0.2) is 0 Å². The number of thiophene rings is 1. The maximum atomic E-state index is 11.8. The molecule has 102 valence electrons. The number of nitrogens with one attached hydrogen (secondary N) is 2. The number of carbonyl (C=O) groups is 1. The second-order valence-corrected chi connectivity index (χ2v) is 5.33. The standard InChI is InChI=1S/C14H14N4OS/c19-14(15-8-7-11-4-3-9-20-11)17-18-10-16-12-5-1-2-6-13(12)18/h1-6,9-10H,7-8H2,(H2,15,17,19). The third-order valence-corrected chi connectivity index (χ3v) is 3.85. The van der Waals surface area contributed by atoms with Crippen molar-refractivity contribution in [2.24, 2.45) is 0 Å². The fraction of sp³-hybridized carbons (Fsp3) is 0.143. The summed E-state index contributed by atoms with van der Waals surface area (Å²) in [4.78, 5) is 17.3. The molecule has 3 aromatic rings. The van der Waals surface area contributed by atoms with Crippen molar-refractivity contribution in [1.29, 1.82) is 0 Å². The van der Waals surface area contributed by atoms with E-state index >= 15 is 0 Å². The average molecular weight is 286 g/mol. The first-order valence-electron chi connectivity index (χ1n) is 6.32. The highest BCUT2D eigenvalue weighted by Gasteiger charge is 2.05. The summed E-state index contributed by atoms with van der Waals surface area (Å²) in [5, 5.41) is 4.87. The third kappa shape index (κ3) is 2.80. The molecule has 2 N–H and O–H groups in total. The lowest BCUT2D eigenvalue weighted by molar-refractivity contribution is 0.250. The Balaban J connectivity index is 1.56. The monoisotopic (exact) mass is 286 g/mol. The van der Waals surface area contributed by atoms with E-state index in [0.717, 1.165) is 17.5 Å². The highest BCUT2D eigenvalue weighted by atomic mass is 32.1. The molecule has 0 aliphatic heterocycles. The molecule has 20 heavy (non-hydrogen) atoms. The van der Waals surface area contributed by atoms with E-state index in [1.807, 2.05) is 35.7 Å². The Kier molecular flexibility index (Phi) is 3.64. The molecule has 0 fully saturated rings. The number of amides is 2. The summed E-state index contributed by atoms with van der Waals surface area (Å²) < 4.78 is 1.62. The Morgan fingerprint density at radius 3 is 3.00 bits per heavy atom. The number of nitrogens with zero attached hydrogens (tertiary/aromatic N) is 2.